The summed E-state index contributed by atoms with van der Waals surface area (Å²) in [6, 6.07) is 13.0. The zero-order valence-corrected chi connectivity index (χ0v) is 25.2. The molecule has 210 valence electrons. The molecule has 0 N–H and O–H groups in total. The minimum absolute atomic E-state index is 0.0348. The molecule has 1 fully saturated rings. The first-order chi connectivity index (χ1) is 18.5. The van der Waals surface area contributed by atoms with E-state index in [4.69, 9.17) is 13.9 Å². The Morgan fingerprint density at radius 3 is 2.41 bits per heavy atom. The van der Waals surface area contributed by atoms with Crippen molar-refractivity contribution in [3.8, 4) is 16.9 Å². The van der Waals surface area contributed by atoms with Crippen LogP contribution in [0.2, 0.25) is 0 Å². The average Bonchev–Trinajstić information content (AvgIpc) is 3.43. The molecule has 0 bridgehead atoms. The third kappa shape index (κ3) is 7.60. The summed E-state index contributed by atoms with van der Waals surface area (Å²) in [5, 5.41) is 0.787. The van der Waals surface area contributed by atoms with Gasteiger partial charge in [-0.15, -0.1) is 0 Å². The lowest BCUT2D eigenvalue weighted by atomic mass is 9.79. The number of nitrogens with zero attached hydrogens (tertiary/aromatic N) is 1. The molecule has 39 heavy (non-hydrogen) atoms. The van der Waals surface area contributed by atoms with Gasteiger partial charge in [-0.2, -0.15) is 23.5 Å². The average molecular weight is 570 g/mol. The maximum Gasteiger partial charge on any atom is 0.345 e. The Morgan fingerprint density at radius 1 is 1.03 bits per heavy atom. The van der Waals surface area contributed by atoms with Crippen molar-refractivity contribution in [3.63, 3.8) is 0 Å². The van der Waals surface area contributed by atoms with Crippen LogP contribution in [0, 0.1) is 16.2 Å². The molecule has 0 saturated heterocycles. The summed E-state index contributed by atoms with van der Waals surface area (Å²) in [7, 11) is 0. The Bertz CT molecular complexity index is 1330. The van der Waals surface area contributed by atoms with Gasteiger partial charge >= 0.3 is 11.6 Å². The highest BCUT2D eigenvalue weighted by Gasteiger charge is 2.67. The number of carbonyl (C=O) groups is 1. The SMILES string of the molecule is CC(C)(C)CC1(C)CC1(C)C(=O)OCCSCCSCCOc1ccc(-c2cc3cccnc3oc2=O)cc1. The second-order valence-electron chi connectivity index (χ2n) is 11.9. The molecule has 1 aliphatic rings. The molecule has 4 rings (SSSR count). The molecule has 0 amide bonds. The van der Waals surface area contributed by atoms with Crippen molar-refractivity contribution in [2.24, 2.45) is 16.2 Å². The third-order valence-corrected chi connectivity index (χ3v) is 9.48. The molecule has 1 saturated carbocycles. The van der Waals surface area contributed by atoms with Crippen molar-refractivity contribution in [2.45, 2.75) is 47.5 Å². The maximum atomic E-state index is 12.6. The van der Waals surface area contributed by atoms with Crippen molar-refractivity contribution in [1.29, 1.82) is 0 Å². The van der Waals surface area contributed by atoms with Gasteiger partial charge in [-0.3, -0.25) is 4.79 Å². The first kappa shape index (κ1) is 29.5. The molecule has 6 nitrogen and oxygen atoms in total. The monoisotopic (exact) mass is 569 g/mol. The van der Waals surface area contributed by atoms with Crippen LogP contribution in [0.25, 0.3) is 22.2 Å². The number of thioether (sulfide) groups is 2. The molecule has 3 aromatic rings. The van der Waals surface area contributed by atoms with Crippen molar-refractivity contribution < 1.29 is 18.7 Å². The van der Waals surface area contributed by atoms with Gasteiger partial charge in [-0.1, -0.05) is 39.8 Å². The van der Waals surface area contributed by atoms with Crippen LogP contribution >= 0.6 is 23.5 Å². The Hall–Kier alpha value is -2.45. The first-order valence-electron chi connectivity index (χ1n) is 13.5. The molecule has 0 radical (unpaired) electrons. The van der Waals surface area contributed by atoms with Gasteiger partial charge in [0.05, 0.1) is 17.6 Å². The van der Waals surface area contributed by atoms with Crippen molar-refractivity contribution in [2.75, 3.05) is 36.2 Å². The van der Waals surface area contributed by atoms with E-state index in [2.05, 4.69) is 39.6 Å². The van der Waals surface area contributed by atoms with Gasteiger partial charge in [0.1, 0.15) is 12.4 Å². The van der Waals surface area contributed by atoms with E-state index in [1.165, 1.54) is 0 Å². The Kier molecular flexibility index (Phi) is 9.37. The van der Waals surface area contributed by atoms with Crippen molar-refractivity contribution >= 4 is 40.6 Å². The molecule has 2 aromatic heterocycles. The number of aromatic nitrogens is 1. The summed E-state index contributed by atoms with van der Waals surface area (Å²) in [5.74, 6) is 4.49. The smallest absolute Gasteiger partial charge is 0.345 e. The van der Waals surface area contributed by atoms with Crippen LogP contribution in [0.1, 0.15) is 47.5 Å². The van der Waals surface area contributed by atoms with Gasteiger partial charge in [0.15, 0.2) is 0 Å². The standard InChI is InChI=1S/C31H39NO5S2/c1-29(2,3)20-30(4)21-31(30,5)28(34)36-14-16-39-18-17-38-15-13-35-24-10-8-22(9-11-24)25-19-23-7-6-12-32-26(23)37-27(25)33/h6-12,19H,13-18,20-21H2,1-5H3. The summed E-state index contributed by atoms with van der Waals surface area (Å²) in [4.78, 5) is 29.1. The summed E-state index contributed by atoms with van der Waals surface area (Å²) in [6.07, 6.45) is 3.56. The van der Waals surface area contributed by atoms with Crippen LogP contribution in [0.15, 0.2) is 57.9 Å². The fraction of sp³-hybridized carbons (Fsp3) is 0.516. The van der Waals surface area contributed by atoms with Crippen LogP contribution in [-0.4, -0.2) is 47.2 Å². The van der Waals surface area contributed by atoms with E-state index in [0.29, 0.717) is 24.5 Å². The van der Waals surface area contributed by atoms with E-state index in [9.17, 15) is 9.59 Å². The minimum atomic E-state index is -0.404. The van der Waals surface area contributed by atoms with Crippen LogP contribution in [0.3, 0.4) is 0 Å². The number of carbonyl (C=O) groups excluding carboxylic acids is 1. The number of ether oxygens (including phenoxy) is 2. The lowest BCUT2D eigenvalue weighted by Gasteiger charge is -2.26. The minimum Gasteiger partial charge on any atom is -0.493 e. The van der Waals surface area contributed by atoms with Gasteiger partial charge < -0.3 is 13.9 Å². The summed E-state index contributed by atoms with van der Waals surface area (Å²) < 4.78 is 16.8. The van der Waals surface area contributed by atoms with Gasteiger partial charge in [-0.05, 0) is 66.5 Å². The predicted molar refractivity (Wildman–Crippen MR) is 162 cm³/mol. The number of hydrogen-bond donors (Lipinski definition) is 0. The lowest BCUT2D eigenvalue weighted by Crippen LogP contribution is -2.25. The Balaban J connectivity index is 1.07. The number of benzene rings is 1. The molecule has 1 aliphatic carbocycles. The highest BCUT2D eigenvalue weighted by Crippen LogP contribution is 2.68. The normalized spacial score (nSPS) is 20.6. The second kappa shape index (κ2) is 12.4. The topological polar surface area (TPSA) is 78.6 Å². The number of hydrogen-bond acceptors (Lipinski definition) is 8. The highest BCUT2D eigenvalue weighted by atomic mass is 32.2. The molecule has 2 heterocycles. The number of rotatable bonds is 13. The van der Waals surface area contributed by atoms with Gasteiger partial charge in [0, 0.05) is 34.6 Å². The molecule has 1 aromatic carbocycles. The highest BCUT2D eigenvalue weighted by molar-refractivity contribution is 8.02. The van der Waals surface area contributed by atoms with Gasteiger partial charge in [0.25, 0.3) is 0 Å². The Labute approximate surface area is 239 Å². The zero-order chi connectivity index (χ0) is 28.1. The van der Waals surface area contributed by atoms with Gasteiger partial charge in [-0.25, -0.2) is 9.78 Å². The molecule has 2 atom stereocenters. The van der Waals surface area contributed by atoms with E-state index in [1.54, 1.807) is 12.3 Å². The molecule has 2 unspecified atom stereocenters. The number of fused-ring (bicyclic) bond motifs is 1. The van der Waals surface area contributed by atoms with E-state index in [1.807, 2.05) is 59.9 Å². The fourth-order valence-electron chi connectivity index (χ4n) is 5.26. The molecular weight excluding hydrogens is 530 g/mol. The summed E-state index contributed by atoms with van der Waals surface area (Å²) in [6.45, 7) is 12.1. The summed E-state index contributed by atoms with van der Waals surface area (Å²) in [5.41, 5.74) is 1.17. The van der Waals surface area contributed by atoms with E-state index < -0.39 is 5.63 Å². The van der Waals surface area contributed by atoms with E-state index in [0.717, 1.165) is 52.6 Å². The lowest BCUT2D eigenvalue weighted by molar-refractivity contribution is -0.150. The van der Waals surface area contributed by atoms with Crippen LogP contribution in [0.4, 0.5) is 0 Å². The first-order valence-corrected chi connectivity index (χ1v) is 15.8. The number of pyridine rings is 1. The fourth-order valence-corrected chi connectivity index (χ4v) is 7.02. The summed E-state index contributed by atoms with van der Waals surface area (Å²) >= 11 is 3.66. The molecule has 0 spiro atoms. The largest absolute Gasteiger partial charge is 0.493 e. The molecular formula is C31H39NO5S2. The second-order valence-corrected chi connectivity index (χ2v) is 14.3. The third-order valence-electron chi connectivity index (χ3n) is 7.33. The van der Waals surface area contributed by atoms with Crippen LogP contribution in [-0.2, 0) is 9.53 Å². The van der Waals surface area contributed by atoms with Crippen molar-refractivity contribution in [1.82, 2.24) is 4.98 Å². The quantitative estimate of drug-likeness (QED) is 0.159. The van der Waals surface area contributed by atoms with Crippen LogP contribution < -0.4 is 10.4 Å². The predicted octanol–water partition coefficient (Wildman–Crippen LogP) is 7.10. The molecule has 0 aliphatic heterocycles. The van der Waals surface area contributed by atoms with Gasteiger partial charge in [0.2, 0.25) is 5.71 Å². The zero-order valence-electron chi connectivity index (χ0n) is 23.6. The Morgan fingerprint density at radius 2 is 1.72 bits per heavy atom. The van der Waals surface area contributed by atoms with Crippen molar-refractivity contribution in [3.05, 3.63) is 59.1 Å². The van der Waals surface area contributed by atoms with E-state index >= 15 is 0 Å². The molecule has 8 heteroatoms. The van der Waals surface area contributed by atoms with E-state index in [-0.39, 0.29) is 22.2 Å². The number of esters is 1. The maximum absolute atomic E-state index is 12.6. The van der Waals surface area contributed by atoms with Crippen LogP contribution in [0.5, 0.6) is 5.75 Å².